The van der Waals surface area contributed by atoms with Gasteiger partial charge in [0, 0.05) is 25.9 Å². The summed E-state index contributed by atoms with van der Waals surface area (Å²) in [4.78, 5) is 2.11. The van der Waals surface area contributed by atoms with Crippen molar-refractivity contribution in [3.63, 3.8) is 0 Å². The van der Waals surface area contributed by atoms with E-state index in [0.717, 1.165) is 0 Å². The molecule has 2 N–H and O–H groups in total. The molecule has 1 rings (SSSR count). The normalized spacial score (nSPS) is 18.6. The molecular weight excluding hydrogens is 212 g/mol. The van der Waals surface area contributed by atoms with Crippen LogP contribution < -0.4 is 5.73 Å². The second kappa shape index (κ2) is 8.06. The van der Waals surface area contributed by atoms with Crippen molar-refractivity contribution in [3.8, 4) is 12.1 Å². The molecule has 1 fully saturated rings. The minimum Gasteiger partial charge on any atom is -0.315 e. The summed E-state index contributed by atoms with van der Waals surface area (Å²) >= 11 is 0. The Morgan fingerprint density at radius 2 is 1.59 bits per heavy atom. The topological polar surface area (TPSA) is 76.8 Å². The highest BCUT2D eigenvalue weighted by atomic mass is 15.2. The summed E-state index contributed by atoms with van der Waals surface area (Å²) in [5, 5.41) is 17.3. The van der Waals surface area contributed by atoms with Crippen LogP contribution >= 0.6 is 0 Å². The van der Waals surface area contributed by atoms with Gasteiger partial charge in [0.15, 0.2) is 0 Å². The third kappa shape index (κ3) is 4.73. The second-order valence-corrected chi connectivity index (χ2v) is 4.74. The van der Waals surface area contributed by atoms with Gasteiger partial charge in [-0.1, -0.05) is 19.3 Å². The first kappa shape index (κ1) is 14.0. The molecule has 1 saturated carbocycles. The lowest BCUT2D eigenvalue weighted by Crippen LogP contribution is -2.48. The van der Waals surface area contributed by atoms with Gasteiger partial charge in [0.1, 0.15) is 0 Å². The van der Waals surface area contributed by atoms with Crippen LogP contribution in [-0.4, -0.2) is 24.2 Å². The van der Waals surface area contributed by atoms with Gasteiger partial charge >= 0.3 is 0 Å². The van der Waals surface area contributed by atoms with Crippen LogP contribution in [0.1, 0.15) is 44.9 Å². The fourth-order valence-electron chi connectivity index (χ4n) is 2.57. The van der Waals surface area contributed by atoms with Crippen LogP contribution in [0.2, 0.25) is 0 Å². The molecule has 4 heteroatoms. The van der Waals surface area contributed by atoms with Crippen LogP contribution in [0.5, 0.6) is 0 Å². The fourth-order valence-corrected chi connectivity index (χ4v) is 2.57. The first-order chi connectivity index (χ1) is 8.29. The highest BCUT2D eigenvalue weighted by Gasteiger charge is 2.25. The van der Waals surface area contributed by atoms with Gasteiger partial charge in [-0.2, -0.15) is 10.5 Å². The molecule has 0 heterocycles. The van der Waals surface area contributed by atoms with E-state index >= 15 is 0 Å². The van der Waals surface area contributed by atoms with Gasteiger partial charge < -0.3 is 5.73 Å². The summed E-state index contributed by atoms with van der Waals surface area (Å²) in [5.74, 6) is 0.543. The zero-order chi connectivity index (χ0) is 12.5. The quantitative estimate of drug-likeness (QED) is 0.713. The number of rotatable bonds is 6. The van der Waals surface area contributed by atoms with Gasteiger partial charge in [-0.3, -0.25) is 4.90 Å². The van der Waals surface area contributed by atoms with Crippen molar-refractivity contribution in [1.82, 2.24) is 4.90 Å². The summed E-state index contributed by atoms with van der Waals surface area (Å²) in [5.41, 5.74) is 6.28. The third-order valence-electron chi connectivity index (χ3n) is 3.58. The smallest absolute Gasteiger partial charge is 0.0635 e. The summed E-state index contributed by atoms with van der Waals surface area (Å²) < 4.78 is 0. The molecular formula is C13H22N4. The highest BCUT2D eigenvalue weighted by Crippen LogP contribution is 2.27. The molecule has 0 bridgehead atoms. The van der Waals surface area contributed by atoms with E-state index in [1.807, 2.05) is 0 Å². The maximum Gasteiger partial charge on any atom is 0.0635 e. The molecule has 1 aliphatic rings. The summed E-state index contributed by atoms with van der Waals surface area (Å²) in [6.07, 6.45) is 7.24. The Kier molecular flexibility index (Phi) is 6.62. The van der Waals surface area contributed by atoms with Crippen LogP contribution in [0.15, 0.2) is 0 Å². The van der Waals surface area contributed by atoms with E-state index in [2.05, 4.69) is 17.0 Å². The van der Waals surface area contributed by atoms with Crippen molar-refractivity contribution >= 4 is 0 Å². The van der Waals surface area contributed by atoms with Crippen molar-refractivity contribution in [2.24, 2.45) is 11.7 Å². The minimum atomic E-state index is 0.0250. The Morgan fingerprint density at radius 1 is 1.06 bits per heavy atom. The maximum absolute atomic E-state index is 8.65. The Morgan fingerprint density at radius 3 is 2.06 bits per heavy atom. The first-order valence-corrected chi connectivity index (χ1v) is 6.53. The van der Waals surface area contributed by atoms with E-state index in [1.165, 1.54) is 32.1 Å². The SMILES string of the molecule is N#CCCN(CCC#N)C(N)C1CCCCC1. The van der Waals surface area contributed by atoms with E-state index in [1.54, 1.807) is 0 Å². The predicted molar refractivity (Wildman–Crippen MR) is 66.6 cm³/mol. The second-order valence-electron chi connectivity index (χ2n) is 4.74. The summed E-state index contributed by atoms with van der Waals surface area (Å²) in [7, 11) is 0. The Labute approximate surface area is 104 Å². The largest absolute Gasteiger partial charge is 0.315 e. The summed E-state index contributed by atoms with van der Waals surface area (Å²) in [6.45, 7) is 1.38. The lowest BCUT2D eigenvalue weighted by molar-refractivity contribution is 0.125. The molecule has 0 aromatic rings. The lowest BCUT2D eigenvalue weighted by Gasteiger charge is -2.35. The molecule has 0 aromatic carbocycles. The molecule has 1 aliphatic carbocycles. The van der Waals surface area contributed by atoms with Crippen molar-refractivity contribution in [2.45, 2.75) is 51.1 Å². The monoisotopic (exact) mass is 234 g/mol. The Bertz CT molecular complexity index is 265. The van der Waals surface area contributed by atoms with Crippen molar-refractivity contribution in [1.29, 1.82) is 10.5 Å². The van der Waals surface area contributed by atoms with Gasteiger partial charge in [0.2, 0.25) is 0 Å². The van der Waals surface area contributed by atoms with Gasteiger partial charge in [0.25, 0.3) is 0 Å². The van der Waals surface area contributed by atoms with E-state index in [0.29, 0.717) is 31.8 Å². The fraction of sp³-hybridized carbons (Fsp3) is 0.846. The molecule has 0 radical (unpaired) electrons. The number of nitrogens with zero attached hydrogens (tertiary/aromatic N) is 3. The predicted octanol–water partition coefficient (Wildman–Crippen LogP) is 1.98. The maximum atomic E-state index is 8.65. The zero-order valence-corrected chi connectivity index (χ0v) is 10.4. The molecule has 0 saturated heterocycles. The zero-order valence-electron chi connectivity index (χ0n) is 10.4. The number of nitriles is 2. The molecule has 4 nitrogen and oxygen atoms in total. The Balaban J connectivity index is 2.48. The molecule has 0 spiro atoms. The lowest BCUT2D eigenvalue weighted by atomic mass is 9.86. The molecule has 0 amide bonds. The number of hydrogen-bond acceptors (Lipinski definition) is 4. The average molecular weight is 234 g/mol. The van der Waals surface area contributed by atoms with Crippen LogP contribution in [-0.2, 0) is 0 Å². The minimum absolute atomic E-state index is 0.0250. The molecule has 0 aromatic heterocycles. The Hall–Kier alpha value is -1.10. The van der Waals surface area contributed by atoms with Crippen molar-refractivity contribution in [3.05, 3.63) is 0 Å². The standard InChI is InChI=1S/C13H22N4/c14-8-4-10-17(11-5-9-15)13(16)12-6-2-1-3-7-12/h12-13H,1-7,10-11,16H2. The number of nitrogens with two attached hydrogens (primary N) is 1. The van der Waals surface area contributed by atoms with Crippen LogP contribution in [0, 0.1) is 28.6 Å². The summed E-state index contributed by atoms with van der Waals surface area (Å²) in [6, 6.07) is 4.30. The molecule has 1 unspecified atom stereocenters. The van der Waals surface area contributed by atoms with E-state index in [9.17, 15) is 0 Å². The average Bonchev–Trinajstić information content (AvgIpc) is 2.39. The van der Waals surface area contributed by atoms with E-state index in [4.69, 9.17) is 16.3 Å². The first-order valence-electron chi connectivity index (χ1n) is 6.53. The molecule has 0 aliphatic heterocycles. The van der Waals surface area contributed by atoms with Gasteiger partial charge in [-0.25, -0.2) is 0 Å². The molecule has 94 valence electrons. The van der Waals surface area contributed by atoms with Crippen LogP contribution in [0.3, 0.4) is 0 Å². The highest BCUT2D eigenvalue weighted by molar-refractivity contribution is 4.83. The number of hydrogen-bond donors (Lipinski definition) is 1. The molecule has 17 heavy (non-hydrogen) atoms. The van der Waals surface area contributed by atoms with Crippen molar-refractivity contribution < 1.29 is 0 Å². The van der Waals surface area contributed by atoms with Gasteiger partial charge in [-0.05, 0) is 18.8 Å². The van der Waals surface area contributed by atoms with Crippen molar-refractivity contribution in [2.75, 3.05) is 13.1 Å². The van der Waals surface area contributed by atoms with E-state index < -0.39 is 0 Å². The van der Waals surface area contributed by atoms with Gasteiger partial charge in [-0.15, -0.1) is 0 Å². The van der Waals surface area contributed by atoms with Crippen LogP contribution in [0.25, 0.3) is 0 Å². The third-order valence-corrected chi connectivity index (χ3v) is 3.58. The van der Waals surface area contributed by atoms with E-state index in [-0.39, 0.29) is 6.17 Å². The molecule has 1 atom stereocenters. The van der Waals surface area contributed by atoms with Crippen LogP contribution in [0.4, 0.5) is 0 Å². The van der Waals surface area contributed by atoms with Gasteiger partial charge in [0.05, 0.1) is 18.3 Å².